The van der Waals surface area contributed by atoms with Crippen molar-refractivity contribution in [3.63, 3.8) is 0 Å². The van der Waals surface area contributed by atoms with E-state index in [2.05, 4.69) is 5.32 Å². The number of hydrogen-bond donors (Lipinski definition) is 3. The Hall–Kier alpha value is -1.10. The van der Waals surface area contributed by atoms with Gasteiger partial charge in [0, 0.05) is 13.2 Å². The standard InChI is InChI=1S/C9H18N2O3/c1-7(8(10)13)9(14)11-5-3-2-4-6-12/h7,12H,2-6H2,1H3,(H2,10,13)(H,11,14). The Morgan fingerprint density at radius 3 is 2.50 bits per heavy atom. The number of carbonyl (C=O) groups excluding carboxylic acids is 2. The minimum Gasteiger partial charge on any atom is -0.396 e. The van der Waals surface area contributed by atoms with E-state index in [1.165, 1.54) is 6.92 Å². The van der Waals surface area contributed by atoms with Crippen LogP contribution in [0.2, 0.25) is 0 Å². The van der Waals surface area contributed by atoms with E-state index in [1.54, 1.807) is 0 Å². The quantitative estimate of drug-likeness (QED) is 0.379. The van der Waals surface area contributed by atoms with Crippen LogP contribution in [0, 0.1) is 5.92 Å². The summed E-state index contributed by atoms with van der Waals surface area (Å²) in [6, 6.07) is 0. The lowest BCUT2D eigenvalue weighted by Crippen LogP contribution is -2.37. The van der Waals surface area contributed by atoms with Crippen molar-refractivity contribution in [2.45, 2.75) is 26.2 Å². The van der Waals surface area contributed by atoms with E-state index in [4.69, 9.17) is 10.8 Å². The summed E-state index contributed by atoms with van der Waals surface area (Å²) in [6.07, 6.45) is 2.40. The Morgan fingerprint density at radius 2 is 2.00 bits per heavy atom. The summed E-state index contributed by atoms with van der Waals surface area (Å²) in [5, 5.41) is 11.1. The van der Waals surface area contributed by atoms with E-state index in [9.17, 15) is 9.59 Å². The predicted octanol–water partition coefficient (Wildman–Crippen LogP) is -0.613. The summed E-state index contributed by atoms with van der Waals surface area (Å²) in [6.45, 7) is 2.17. The molecule has 0 rings (SSSR count). The molecule has 0 aliphatic heterocycles. The van der Waals surface area contributed by atoms with E-state index in [1.807, 2.05) is 0 Å². The molecular weight excluding hydrogens is 184 g/mol. The molecule has 0 heterocycles. The van der Waals surface area contributed by atoms with Gasteiger partial charge in [0.2, 0.25) is 11.8 Å². The first-order valence-corrected chi connectivity index (χ1v) is 4.77. The summed E-state index contributed by atoms with van der Waals surface area (Å²) in [4.78, 5) is 21.8. The molecule has 5 heteroatoms. The number of unbranched alkanes of at least 4 members (excludes halogenated alkanes) is 2. The molecule has 82 valence electrons. The van der Waals surface area contributed by atoms with Crippen LogP contribution in [0.1, 0.15) is 26.2 Å². The number of aliphatic hydroxyl groups is 1. The minimum atomic E-state index is -0.771. The van der Waals surface area contributed by atoms with Gasteiger partial charge in [0.15, 0.2) is 0 Å². The molecule has 0 aliphatic rings. The van der Waals surface area contributed by atoms with Crippen molar-refractivity contribution in [2.75, 3.05) is 13.2 Å². The van der Waals surface area contributed by atoms with Gasteiger partial charge in [-0.1, -0.05) is 0 Å². The summed E-state index contributed by atoms with van der Waals surface area (Å²) < 4.78 is 0. The summed E-state index contributed by atoms with van der Waals surface area (Å²) in [5.41, 5.74) is 4.96. The first-order valence-electron chi connectivity index (χ1n) is 4.77. The fourth-order valence-electron chi connectivity index (χ4n) is 0.907. The second-order valence-corrected chi connectivity index (χ2v) is 3.20. The number of rotatable bonds is 7. The Kier molecular flexibility index (Phi) is 6.74. The lowest BCUT2D eigenvalue weighted by atomic mass is 10.1. The van der Waals surface area contributed by atoms with Crippen LogP contribution >= 0.6 is 0 Å². The van der Waals surface area contributed by atoms with Gasteiger partial charge in [-0.05, 0) is 26.2 Å². The van der Waals surface area contributed by atoms with Gasteiger partial charge in [-0.15, -0.1) is 0 Å². The average Bonchev–Trinajstić information content (AvgIpc) is 2.16. The molecule has 14 heavy (non-hydrogen) atoms. The van der Waals surface area contributed by atoms with E-state index in [-0.39, 0.29) is 12.5 Å². The predicted molar refractivity (Wildman–Crippen MR) is 52.3 cm³/mol. The number of amides is 2. The van der Waals surface area contributed by atoms with Crippen LogP contribution in [0.3, 0.4) is 0 Å². The molecule has 1 atom stereocenters. The first kappa shape index (κ1) is 12.9. The zero-order valence-corrected chi connectivity index (χ0v) is 8.45. The van der Waals surface area contributed by atoms with Crippen molar-refractivity contribution >= 4 is 11.8 Å². The van der Waals surface area contributed by atoms with Crippen LogP contribution in [0.4, 0.5) is 0 Å². The topological polar surface area (TPSA) is 92.4 Å². The highest BCUT2D eigenvalue weighted by molar-refractivity contribution is 5.99. The summed E-state index contributed by atoms with van der Waals surface area (Å²) in [7, 11) is 0. The second-order valence-electron chi connectivity index (χ2n) is 3.20. The van der Waals surface area contributed by atoms with Gasteiger partial charge in [0.25, 0.3) is 0 Å². The van der Waals surface area contributed by atoms with Gasteiger partial charge in [0.1, 0.15) is 5.92 Å². The zero-order valence-electron chi connectivity index (χ0n) is 8.45. The number of carbonyl (C=O) groups is 2. The second kappa shape index (κ2) is 7.32. The maximum atomic E-state index is 11.2. The van der Waals surface area contributed by atoms with Gasteiger partial charge in [-0.2, -0.15) is 0 Å². The molecule has 0 aromatic carbocycles. The normalized spacial score (nSPS) is 12.1. The van der Waals surface area contributed by atoms with Crippen molar-refractivity contribution in [1.29, 1.82) is 0 Å². The monoisotopic (exact) mass is 202 g/mol. The maximum absolute atomic E-state index is 11.2. The Morgan fingerprint density at radius 1 is 1.36 bits per heavy atom. The highest BCUT2D eigenvalue weighted by Gasteiger charge is 2.17. The van der Waals surface area contributed by atoms with Gasteiger partial charge < -0.3 is 16.2 Å². The SMILES string of the molecule is CC(C(N)=O)C(=O)NCCCCCO. The van der Waals surface area contributed by atoms with Crippen molar-refractivity contribution in [2.24, 2.45) is 11.7 Å². The zero-order chi connectivity index (χ0) is 11.0. The fraction of sp³-hybridized carbons (Fsp3) is 0.778. The minimum absolute atomic E-state index is 0.172. The van der Waals surface area contributed by atoms with Crippen molar-refractivity contribution < 1.29 is 14.7 Å². The fourth-order valence-corrected chi connectivity index (χ4v) is 0.907. The molecule has 0 aliphatic carbocycles. The smallest absolute Gasteiger partial charge is 0.232 e. The van der Waals surface area contributed by atoms with E-state index < -0.39 is 11.8 Å². The van der Waals surface area contributed by atoms with Crippen LogP contribution in [-0.4, -0.2) is 30.1 Å². The molecule has 0 radical (unpaired) electrons. The molecule has 0 bridgehead atoms. The molecule has 0 aromatic heterocycles. The third kappa shape index (κ3) is 5.53. The highest BCUT2D eigenvalue weighted by Crippen LogP contribution is 1.95. The van der Waals surface area contributed by atoms with Crippen molar-refractivity contribution in [3.8, 4) is 0 Å². The molecule has 5 nitrogen and oxygen atoms in total. The van der Waals surface area contributed by atoms with Crippen molar-refractivity contribution in [1.82, 2.24) is 5.32 Å². The van der Waals surface area contributed by atoms with E-state index >= 15 is 0 Å². The Bertz CT molecular complexity index is 194. The molecule has 0 spiro atoms. The largest absolute Gasteiger partial charge is 0.396 e. The molecule has 0 fully saturated rings. The van der Waals surface area contributed by atoms with E-state index in [0.717, 1.165) is 19.3 Å². The van der Waals surface area contributed by atoms with Crippen LogP contribution in [-0.2, 0) is 9.59 Å². The van der Waals surface area contributed by atoms with Crippen LogP contribution in [0.15, 0.2) is 0 Å². The molecule has 1 unspecified atom stereocenters. The third-order valence-corrected chi connectivity index (χ3v) is 1.95. The molecule has 0 aromatic rings. The summed E-state index contributed by atoms with van der Waals surface area (Å²) in [5.74, 6) is -1.72. The van der Waals surface area contributed by atoms with Gasteiger partial charge in [0.05, 0.1) is 0 Å². The maximum Gasteiger partial charge on any atom is 0.232 e. The van der Waals surface area contributed by atoms with Gasteiger partial charge in [-0.25, -0.2) is 0 Å². The lowest BCUT2D eigenvalue weighted by Gasteiger charge is -2.08. The van der Waals surface area contributed by atoms with Gasteiger partial charge >= 0.3 is 0 Å². The van der Waals surface area contributed by atoms with Gasteiger partial charge in [-0.3, -0.25) is 9.59 Å². The molecular formula is C9H18N2O3. The number of aliphatic hydroxyl groups excluding tert-OH is 1. The summed E-state index contributed by atoms with van der Waals surface area (Å²) >= 11 is 0. The van der Waals surface area contributed by atoms with Crippen LogP contribution < -0.4 is 11.1 Å². The number of nitrogens with two attached hydrogens (primary N) is 1. The number of nitrogens with one attached hydrogen (secondary N) is 1. The molecule has 4 N–H and O–H groups in total. The van der Waals surface area contributed by atoms with Crippen LogP contribution in [0.5, 0.6) is 0 Å². The number of primary amides is 1. The molecule has 0 saturated carbocycles. The van der Waals surface area contributed by atoms with Crippen molar-refractivity contribution in [3.05, 3.63) is 0 Å². The highest BCUT2D eigenvalue weighted by atomic mass is 16.3. The third-order valence-electron chi connectivity index (χ3n) is 1.95. The van der Waals surface area contributed by atoms with Crippen LogP contribution in [0.25, 0.3) is 0 Å². The Balaban J connectivity index is 3.49. The Labute approximate surface area is 83.7 Å². The molecule has 0 saturated heterocycles. The number of hydrogen-bond acceptors (Lipinski definition) is 3. The molecule has 2 amide bonds. The first-order chi connectivity index (χ1) is 6.59. The lowest BCUT2D eigenvalue weighted by molar-refractivity contribution is -0.132. The van der Waals surface area contributed by atoms with E-state index in [0.29, 0.717) is 6.54 Å². The average molecular weight is 202 g/mol.